The van der Waals surface area contributed by atoms with E-state index in [0.29, 0.717) is 25.3 Å². The van der Waals surface area contributed by atoms with Gasteiger partial charge in [-0.05, 0) is 58.4 Å². The summed E-state index contributed by atoms with van der Waals surface area (Å²) in [7, 11) is 0. The first-order valence-corrected chi connectivity index (χ1v) is 8.80. The fraction of sp³-hybridized carbons (Fsp3) is 0.579. The molecule has 0 unspecified atom stereocenters. The molecule has 25 heavy (non-hydrogen) atoms. The normalized spacial score (nSPS) is 15.5. The third-order valence-corrected chi connectivity index (χ3v) is 3.89. The molecule has 0 aromatic heterocycles. The molecule has 6 heteroatoms. The Balaban J connectivity index is 1.96. The van der Waals surface area contributed by atoms with E-state index in [1.165, 1.54) is 0 Å². The lowest BCUT2D eigenvalue weighted by Gasteiger charge is -2.27. The largest absolute Gasteiger partial charge is 0.462 e. The summed E-state index contributed by atoms with van der Waals surface area (Å²) in [6, 6.07) is 7.42. The Labute approximate surface area is 149 Å². The Kier molecular flexibility index (Phi) is 6.28. The summed E-state index contributed by atoms with van der Waals surface area (Å²) in [5.41, 5.74) is 1.11. The Morgan fingerprint density at radius 1 is 1.04 bits per heavy atom. The van der Waals surface area contributed by atoms with Gasteiger partial charge in [0, 0.05) is 31.9 Å². The van der Waals surface area contributed by atoms with Gasteiger partial charge in [0.25, 0.3) is 0 Å². The highest BCUT2D eigenvalue weighted by Gasteiger charge is 2.24. The molecule has 0 saturated carbocycles. The van der Waals surface area contributed by atoms with Crippen molar-refractivity contribution in [1.82, 2.24) is 4.90 Å². The molecule has 1 saturated heterocycles. The summed E-state index contributed by atoms with van der Waals surface area (Å²) in [4.78, 5) is 27.9. The third-order valence-electron chi connectivity index (χ3n) is 3.89. The van der Waals surface area contributed by atoms with E-state index >= 15 is 0 Å². The fourth-order valence-electron chi connectivity index (χ4n) is 2.71. The first-order valence-electron chi connectivity index (χ1n) is 8.80. The van der Waals surface area contributed by atoms with Gasteiger partial charge < -0.3 is 19.3 Å². The lowest BCUT2D eigenvalue weighted by Crippen LogP contribution is -2.39. The van der Waals surface area contributed by atoms with E-state index in [9.17, 15) is 9.59 Å². The van der Waals surface area contributed by atoms with Gasteiger partial charge in [0.15, 0.2) is 0 Å². The Morgan fingerprint density at radius 3 is 2.32 bits per heavy atom. The number of rotatable bonds is 3. The molecule has 2 rings (SSSR count). The van der Waals surface area contributed by atoms with Crippen LogP contribution in [-0.4, -0.2) is 55.3 Å². The van der Waals surface area contributed by atoms with E-state index in [4.69, 9.17) is 9.47 Å². The van der Waals surface area contributed by atoms with E-state index in [-0.39, 0.29) is 12.1 Å². The Morgan fingerprint density at radius 2 is 1.72 bits per heavy atom. The van der Waals surface area contributed by atoms with Crippen molar-refractivity contribution in [3.05, 3.63) is 29.8 Å². The second-order valence-corrected chi connectivity index (χ2v) is 7.08. The second kappa shape index (κ2) is 8.23. The lowest BCUT2D eigenvalue weighted by atomic mass is 10.2. The van der Waals surface area contributed by atoms with Crippen molar-refractivity contribution in [3.8, 4) is 0 Å². The van der Waals surface area contributed by atoms with Crippen molar-refractivity contribution < 1.29 is 19.1 Å². The topological polar surface area (TPSA) is 59.1 Å². The number of carbonyl (C=O) groups is 2. The highest BCUT2D eigenvalue weighted by Crippen LogP contribution is 2.19. The lowest BCUT2D eigenvalue weighted by molar-refractivity contribution is 0.0263. The first kappa shape index (κ1) is 19.1. The number of carbonyl (C=O) groups excluding carboxylic acids is 2. The summed E-state index contributed by atoms with van der Waals surface area (Å²) in [6.45, 7) is 10.7. The molecule has 138 valence electrons. The zero-order valence-corrected chi connectivity index (χ0v) is 15.6. The number of ether oxygens (including phenoxy) is 2. The zero-order chi connectivity index (χ0) is 18.4. The third kappa shape index (κ3) is 5.66. The van der Waals surface area contributed by atoms with Gasteiger partial charge in [-0.1, -0.05) is 0 Å². The molecule has 1 heterocycles. The van der Waals surface area contributed by atoms with Gasteiger partial charge in [-0.25, -0.2) is 9.59 Å². The summed E-state index contributed by atoms with van der Waals surface area (Å²) < 4.78 is 10.5. The van der Waals surface area contributed by atoms with Gasteiger partial charge in [-0.3, -0.25) is 0 Å². The molecule has 0 bridgehead atoms. The van der Waals surface area contributed by atoms with Crippen molar-refractivity contribution in [3.63, 3.8) is 0 Å². The standard InChI is InChI=1S/C19H28N2O4/c1-5-24-17(22)15-7-9-16(10-8-15)20-11-6-12-21(14-13-20)18(23)25-19(2,3)4/h7-10H,5-6,11-14H2,1-4H3. The molecule has 0 spiro atoms. The predicted octanol–water partition coefficient (Wildman–Crippen LogP) is 3.31. The number of esters is 1. The summed E-state index contributed by atoms with van der Waals surface area (Å²) in [5.74, 6) is -0.305. The highest BCUT2D eigenvalue weighted by molar-refractivity contribution is 5.89. The maximum Gasteiger partial charge on any atom is 0.410 e. The van der Waals surface area contributed by atoms with Crippen LogP contribution in [0.25, 0.3) is 0 Å². The molecule has 1 aromatic carbocycles. The molecule has 1 fully saturated rings. The van der Waals surface area contributed by atoms with Crippen LogP contribution in [-0.2, 0) is 9.47 Å². The summed E-state index contributed by atoms with van der Waals surface area (Å²) >= 11 is 0. The SMILES string of the molecule is CCOC(=O)c1ccc(N2CCCN(C(=O)OC(C)(C)C)CC2)cc1. The van der Waals surface area contributed by atoms with Crippen LogP contribution in [0.1, 0.15) is 44.5 Å². The van der Waals surface area contributed by atoms with Crippen LogP contribution in [0.5, 0.6) is 0 Å². The predicted molar refractivity (Wildman–Crippen MR) is 97.0 cm³/mol. The fourth-order valence-corrected chi connectivity index (χ4v) is 2.71. The quantitative estimate of drug-likeness (QED) is 0.784. The van der Waals surface area contributed by atoms with Crippen LogP contribution < -0.4 is 4.90 Å². The molecule has 0 radical (unpaired) electrons. The molecule has 0 atom stereocenters. The average molecular weight is 348 g/mol. The average Bonchev–Trinajstić information content (AvgIpc) is 2.80. The van der Waals surface area contributed by atoms with Gasteiger partial charge >= 0.3 is 12.1 Å². The van der Waals surface area contributed by atoms with Crippen LogP contribution in [0.15, 0.2) is 24.3 Å². The molecule has 1 amide bonds. The summed E-state index contributed by atoms with van der Waals surface area (Å²) in [6.07, 6.45) is 0.616. The minimum absolute atomic E-state index is 0.257. The molecule has 1 aliphatic heterocycles. The second-order valence-electron chi connectivity index (χ2n) is 7.08. The van der Waals surface area contributed by atoms with Crippen LogP contribution in [0, 0.1) is 0 Å². The number of anilines is 1. The molecule has 6 nitrogen and oxygen atoms in total. The van der Waals surface area contributed by atoms with Crippen molar-refractivity contribution >= 4 is 17.7 Å². The van der Waals surface area contributed by atoms with Gasteiger partial charge in [-0.15, -0.1) is 0 Å². The van der Waals surface area contributed by atoms with Gasteiger partial charge in [0.1, 0.15) is 5.60 Å². The van der Waals surface area contributed by atoms with Crippen LogP contribution in [0.2, 0.25) is 0 Å². The monoisotopic (exact) mass is 348 g/mol. The van der Waals surface area contributed by atoms with Crippen molar-refractivity contribution in [2.75, 3.05) is 37.7 Å². The van der Waals surface area contributed by atoms with Crippen LogP contribution >= 0.6 is 0 Å². The summed E-state index contributed by atoms with van der Waals surface area (Å²) in [5, 5.41) is 0. The van der Waals surface area contributed by atoms with E-state index in [1.54, 1.807) is 24.0 Å². The molecule has 1 aliphatic rings. The minimum Gasteiger partial charge on any atom is -0.462 e. The van der Waals surface area contributed by atoms with Crippen LogP contribution in [0.3, 0.4) is 0 Å². The Bertz CT molecular complexity index is 592. The van der Waals surface area contributed by atoms with Crippen molar-refractivity contribution in [2.45, 2.75) is 39.7 Å². The maximum atomic E-state index is 12.2. The van der Waals surface area contributed by atoms with Crippen LogP contribution in [0.4, 0.5) is 10.5 Å². The first-order chi connectivity index (χ1) is 11.8. The highest BCUT2D eigenvalue weighted by atomic mass is 16.6. The number of benzene rings is 1. The maximum absolute atomic E-state index is 12.2. The van der Waals surface area contributed by atoms with E-state index in [1.807, 2.05) is 32.9 Å². The minimum atomic E-state index is -0.480. The van der Waals surface area contributed by atoms with Gasteiger partial charge in [0.05, 0.1) is 12.2 Å². The number of amides is 1. The number of hydrogen-bond acceptors (Lipinski definition) is 5. The zero-order valence-electron chi connectivity index (χ0n) is 15.6. The molecule has 0 N–H and O–H groups in total. The molecular formula is C19H28N2O4. The number of nitrogens with zero attached hydrogens (tertiary/aromatic N) is 2. The van der Waals surface area contributed by atoms with Gasteiger partial charge in [0.2, 0.25) is 0 Å². The van der Waals surface area contributed by atoms with Crippen molar-refractivity contribution in [1.29, 1.82) is 0 Å². The Hall–Kier alpha value is -2.24. The van der Waals surface area contributed by atoms with E-state index in [2.05, 4.69) is 4.90 Å². The van der Waals surface area contributed by atoms with E-state index in [0.717, 1.165) is 25.2 Å². The van der Waals surface area contributed by atoms with Gasteiger partial charge in [-0.2, -0.15) is 0 Å². The number of hydrogen-bond donors (Lipinski definition) is 0. The van der Waals surface area contributed by atoms with E-state index < -0.39 is 5.60 Å². The van der Waals surface area contributed by atoms with Crippen molar-refractivity contribution in [2.24, 2.45) is 0 Å². The molecule has 0 aliphatic carbocycles. The smallest absolute Gasteiger partial charge is 0.410 e. The molecule has 1 aromatic rings. The molecular weight excluding hydrogens is 320 g/mol.